The quantitative estimate of drug-likeness (QED) is 0.552. The molecule has 0 bridgehead atoms. The van der Waals surface area contributed by atoms with Crippen molar-refractivity contribution < 1.29 is 9.59 Å². The molecule has 10 heteroatoms. The smallest absolute Gasteiger partial charge is 0.254 e. The number of benzene rings is 1. The molecule has 1 saturated carbocycles. The van der Waals surface area contributed by atoms with Gasteiger partial charge in [0.15, 0.2) is 0 Å². The number of pyridine rings is 1. The van der Waals surface area contributed by atoms with Crippen LogP contribution in [-0.4, -0.2) is 45.9 Å². The summed E-state index contributed by atoms with van der Waals surface area (Å²) in [6.07, 6.45) is 3.28. The summed E-state index contributed by atoms with van der Waals surface area (Å²) in [5, 5.41) is 18.0. The Morgan fingerprint density at radius 3 is 2.64 bits per heavy atom. The standard InChI is InChI=1S/C23H26N8O2/c1-12-19-20(29-31(4)28-19)14-6-5-7-16(21(14)30(12)3)26-17-10-18(27-22(32)13-8-9-13)25-11-15(17)23(33)24-2/h5-7,10-13H,8-9H2,1-4H3,(H,24,33)(H2,25,26,27,32)/t12-/m1/s1. The van der Waals surface area contributed by atoms with Gasteiger partial charge in [-0.1, -0.05) is 12.1 Å². The van der Waals surface area contributed by atoms with E-state index in [1.54, 1.807) is 17.9 Å². The summed E-state index contributed by atoms with van der Waals surface area (Å²) in [6, 6.07) is 7.64. The van der Waals surface area contributed by atoms with Crippen LogP contribution in [0.5, 0.6) is 0 Å². The normalized spacial score (nSPS) is 16.6. The number of anilines is 4. The number of nitrogens with one attached hydrogen (secondary N) is 3. The van der Waals surface area contributed by atoms with Crippen LogP contribution in [0.4, 0.5) is 22.9 Å². The number of aryl methyl sites for hydroxylation is 1. The molecule has 3 N–H and O–H groups in total. The van der Waals surface area contributed by atoms with Crippen molar-refractivity contribution in [2.45, 2.75) is 25.8 Å². The Morgan fingerprint density at radius 1 is 1.12 bits per heavy atom. The van der Waals surface area contributed by atoms with Crippen molar-refractivity contribution in [2.24, 2.45) is 13.0 Å². The van der Waals surface area contributed by atoms with Crippen LogP contribution in [0.15, 0.2) is 30.5 Å². The Balaban J connectivity index is 1.57. The molecule has 1 aliphatic carbocycles. The number of amides is 2. The first-order valence-electron chi connectivity index (χ1n) is 10.9. The van der Waals surface area contributed by atoms with Crippen molar-refractivity contribution in [3.05, 3.63) is 41.7 Å². The third-order valence-electron chi connectivity index (χ3n) is 6.20. The molecule has 10 nitrogen and oxygen atoms in total. The third-order valence-corrected chi connectivity index (χ3v) is 6.20. The number of nitrogens with zero attached hydrogens (tertiary/aromatic N) is 5. The second kappa shape index (κ2) is 7.88. The lowest BCUT2D eigenvalue weighted by molar-refractivity contribution is -0.117. The summed E-state index contributed by atoms with van der Waals surface area (Å²) < 4.78 is 0. The minimum Gasteiger partial charge on any atom is -0.364 e. The summed E-state index contributed by atoms with van der Waals surface area (Å²) in [5.74, 6) is 0.152. The van der Waals surface area contributed by atoms with Gasteiger partial charge in [0.2, 0.25) is 5.91 Å². The Bertz CT molecular complexity index is 1260. The van der Waals surface area contributed by atoms with E-state index >= 15 is 0 Å². The van der Waals surface area contributed by atoms with E-state index in [1.807, 2.05) is 32.3 Å². The molecule has 1 fully saturated rings. The number of hydrogen-bond acceptors (Lipinski definition) is 7. The number of hydrogen-bond donors (Lipinski definition) is 3. The highest BCUT2D eigenvalue weighted by Gasteiger charge is 2.32. The molecule has 170 valence electrons. The van der Waals surface area contributed by atoms with Gasteiger partial charge in [-0.05, 0) is 25.8 Å². The summed E-state index contributed by atoms with van der Waals surface area (Å²) in [4.78, 5) is 32.8. The van der Waals surface area contributed by atoms with Gasteiger partial charge < -0.3 is 20.9 Å². The molecule has 1 aliphatic heterocycles. The Hall–Kier alpha value is -3.95. The topological polar surface area (TPSA) is 117 Å². The van der Waals surface area contributed by atoms with E-state index in [1.165, 1.54) is 6.20 Å². The van der Waals surface area contributed by atoms with Gasteiger partial charge in [-0.15, -0.1) is 0 Å². The molecule has 1 aromatic carbocycles. The molecular weight excluding hydrogens is 420 g/mol. The van der Waals surface area contributed by atoms with Gasteiger partial charge >= 0.3 is 0 Å². The first-order chi connectivity index (χ1) is 15.9. The van der Waals surface area contributed by atoms with Crippen LogP contribution in [0.2, 0.25) is 0 Å². The average molecular weight is 447 g/mol. The lowest BCUT2D eigenvalue weighted by atomic mass is 9.96. The van der Waals surface area contributed by atoms with Crippen LogP contribution >= 0.6 is 0 Å². The molecule has 0 radical (unpaired) electrons. The number of fused-ring (bicyclic) bond motifs is 3. The van der Waals surface area contributed by atoms with E-state index in [2.05, 4.69) is 43.0 Å². The van der Waals surface area contributed by atoms with E-state index in [4.69, 9.17) is 0 Å². The number of para-hydroxylation sites is 1. The molecular formula is C23H26N8O2. The van der Waals surface area contributed by atoms with E-state index in [9.17, 15) is 9.59 Å². The summed E-state index contributed by atoms with van der Waals surface area (Å²) in [5.41, 5.74) is 5.43. The summed E-state index contributed by atoms with van der Waals surface area (Å²) in [6.45, 7) is 2.08. The zero-order chi connectivity index (χ0) is 23.3. The van der Waals surface area contributed by atoms with Crippen LogP contribution in [0.1, 0.15) is 41.9 Å². The Labute approximate surface area is 191 Å². The fourth-order valence-corrected chi connectivity index (χ4v) is 4.15. The van der Waals surface area contributed by atoms with E-state index in [-0.39, 0.29) is 23.8 Å². The van der Waals surface area contributed by atoms with Gasteiger partial charge in [0.05, 0.1) is 28.7 Å². The minimum atomic E-state index is -0.271. The minimum absolute atomic E-state index is 0.0217. The van der Waals surface area contributed by atoms with Crippen LogP contribution in [0.3, 0.4) is 0 Å². The van der Waals surface area contributed by atoms with E-state index in [0.717, 1.165) is 41.2 Å². The summed E-state index contributed by atoms with van der Waals surface area (Å²) in [7, 11) is 5.40. The van der Waals surface area contributed by atoms with E-state index in [0.29, 0.717) is 17.1 Å². The van der Waals surface area contributed by atoms with E-state index < -0.39 is 0 Å². The molecule has 1 atom stereocenters. The molecule has 0 saturated heterocycles. The van der Waals surface area contributed by atoms with Crippen LogP contribution in [0, 0.1) is 5.92 Å². The second-order valence-electron chi connectivity index (χ2n) is 8.49. The highest BCUT2D eigenvalue weighted by molar-refractivity contribution is 6.02. The van der Waals surface area contributed by atoms with Gasteiger partial charge in [0.1, 0.15) is 17.2 Å². The maximum absolute atomic E-state index is 12.5. The van der Waals surface area contributed by atoms with Crippen LogP contribution < -0.4 is 20.9 Å². The SMILES string of the molecule is CNC(=O)c1cnc(NC(=O)C2CC2)cc1Nc1cccc2c1N(C)[C@H](C)c1nn(C)nc1-2. The highest BCUT2D eigenvalue weighted by atomic mass is 16.2. The zero-order valence-corrected chi connectivity index (χ0v) is 19.0. The zero-order valence-electron chi connectivity index (χ0n) is 19.0. The van der Waals surface area contributed by atoms with Gasteiger partial charge in [0, 0.05) is 44.9 Å². The monoisotopic (exact) mass is 446 g/mol. The first-order valence-corrected chi connectivity index (χ1v) is 10.9. The number of carbonyl (C=O) groups excluding carboxylic acids is 2. The van der Waals surface area contributed by atoms with Crippen molar-refractivity contribution in [3.63, 3.8) is 0 Å². The fourth-order valence-electron chi connectivity index (χ4n) is 4.15. The molecule has 0 unspecified atom stereocenters. The second-order valence-corrected chi connectivity index (χ2v) is 8.49. The number of carbonyl (C=O) groups is 2. The summed E-state index contributed by atoms with van der Waals surface area (Å²) >= 11 is 0. The number of rotatable bonds is 5. The average Bonchev–Trinajstić information content (AvgIpc) is 3.58. The lowest BCUT2D eigenvalue weighted by Crippen LogP contribution is -2.27. The predicted octanol–water partition coefficient (Wildman–Crippen LogP) is 2.84. The molecule has 0 spiro atoms. The maximum atomic E-state index is 12.5. The van der Waals surface area contributed by atoms with Gasteiger partial charge in [-0.3, -0.25) is 9.59 Å². The first kappa shape index (κ1) is 20.9. The van der Waals surface area contributed by atoms with Crippen molar-refractivity contribution >= 4 is 34.7 Å². The predicted molar refractivity (Wildman–Crippen MR) is 126 cm³/mol. The van der Waals surface area contributed by atoms with Gasteiger partial charge in [-0.2, -0.15) is 15.0 Å². The third kappa shape index (κ3) is 3.67. The van der Waals surface area contributed by atoms with Crippen molar-refractivity contribution in [1.29, 1.82) is 0 Å². The molecule has 2 aliphatic rings. The molecule has 33 heavy (non-hydrogen) atoms. The molecule has 2 amide bonds. The largest absolute Gasteiger partial charge is 0.364 e. The fraction of sp³-hybridized carbons (Fsp3) is 0.348. The Kier molecular flexibility index (Phi) is 4.99. The lowest BCUT2D eigenvalue weighted by Gasteiger charge is -2.34. The Morgan fingerprint density at radius 2 is 1.91 bits per heavy atom. The highest BCUT2D eigenvalue weighted by Crippen LogP contribution is 2.46. The number of aromatic nitrogens is 4. The molecule has 5 rings (SSSR count). The van der Waals surface area contributed by atoms with Crippen LogP contribution in [0.25, 0.3) is 11.3 Å². The van der Waals surface area contributed by atoms with Crippen molar-refractivity contribution in [3.8, 4) is 11.3 Å². The molecule has 3 aromatic rings. The van der Waals surface area contributed by atoms with Crippen molar-refractivity contribution in [1.82, 2.24) is 25.3 Å². The van der Waals surface area contributed by atoms with Crippen molar-refractivity contribution in [2.75, 3.05) is 29.6 Å². The van der Waals surface area contributed by atoms with Gasteiger partial charge in [0.25, 0.3) is 5.91 Å². The van der Waals surface area contributed by atoms with Crippen LogP contribution in [-0.2, 0) is 11.8 Å². The maximum Gasteiger partial charge on any atom is 0.254 e. The van der Waals surface area contributed by atoms with Gasteiger partial charge in [-0.25, -0.2) is 4.98 Å². The molecule has 3 heterocycles. The molecule has 2 aromatic heterocycles.